The lowest BCUT2D eigenvalue weighted by atomic mass is 9.85. The maximum atomic E-state index is 6.31. The Balaban J connectivity index is 2.93. The van der Waals surface area contributed by atoms with E-state index in [4.69, 9.17) is 22.1 Å². The van der Waals surface area contributed by atoms with E-state index in [9.17, 15) is 0 Å². The Morgan fingerprint density at radius 1 is 1.35 bits per heavy atom. The fourth-order valence-electron chi connectivity index (χ4n) is 2.12. The van der Waals surface area contributed by atoms with Crippen molar-refractivity contribution >= 4 is 11.6 Å². The molecule has 0 amide bonds. The van der Waals surface area contributed by atoms with E-state index in [1.807, 2.05) is 12.1 Å². The van der Waals surface area contributed by atoms with Crippen molar-refractivity contribution in [2.75, 3.05) is 13.7 Å². The molecular formula is C14H22ClNO. The van der Waals surface area contributed by atoms with Crippen LogP contribution >= 0.6 is 11.6 Å². The molecule has 0 aliphatic rings. The summed E-state index contributed by atoms with van der Waals surface area (Å²) in [5, 5.41) is 0.792. The molecule has 0 bridgehead atoms. The molecule has 2 nitrogen and oxygen atoms in total. The lowest BCUT2D eigenvalue weighted by Crippen LogP contribution is -2.10. The van der Waals surface area contributed by atoms with Crippen LogP contribution in [0.25, 0.3) is 0 Å². The molecular weight excluding hydrogens is 234 g/mol. The number of benzene rings is 1. The van der Waals surface area contributed by atoms with Crippen LogP contribution in [-0.2, 0) is 0 Å². The molecule has 96 valence electrons. The smallest absolute Gasteiger partial charge is 0.120 e. The van der Waals surface area contributed by atoms with Crippen molar-refractivity contribution < 1.29 is 4.74 Å². The molecule has 0 saturated heterocycles. The first-order chi connectivity index (χ1) is 8.10. The van der Waals surface area contributed by atoms with Crippen LogP contribution in [0.2, 0.25) is 5.02 Å². The van der Waals surface area contributed by atoms with Crippen LogP contribution in [0.15, 0.2) is 18.2 Å². The van der Waals surface area contributed by atoms with Gasteiger partial charge in [-0.15, -0.1) is 0 Å². The van der Waals surface area contributed by atoms with Gasteiger partial charge < -0.3 is 10.5 Å². The minimum absolute atomic E-state index is 0.469. The van der Waals surface area contributed by atoms with Gasteiger partial charge in [-0.1, -0.05) is 31.5 Å². The standard InChI is InChI=1S/C14H22ClNO/c1-10(2)12(5-4-8-16)13-7-6-11(17-3)9-14(13)15/h6-7,9-10,12H,4-5,8,16H2,1-3H3. The summed E-state index contributed by atoms with van der Waals surface area (Å²) in [6.45, 7) is 5.18. The van der Waals surface area contributed by atoms with Gasteiger partial charge in [-0.2, -0.15) is 0 Å². The Hall–Kier alpha value is -0.730. The van der Waals surface area contributed by atoms with Gasteiger partial charge in [0, 0.05) is 5.02 Å². The maximum absolute atomic E-state index is 6.31. The second-order valence-electron chi connectivity index (χ2n) is 4.67. The van der Waals surface area contributed by atoms with E-state index in [1.54, 1.807) is 7.11 Å². The van der Waals surface area contributed by atoms with Crippen LogP contribution in [0.5, 0.6) is 5.75 Å². The van der Waals surface area contributed by atoms with Crippen LogP contribution in [0.4, 0.5) is 0 Å². The van der Waals surface area contributed by atoms with Crippen molar-refractivity contribution in [3.63, 3.8) is 0 Å². The third kappa shape index (κ3) is 3.90. The average molecular weight is 256 g/mol. The second-order valence-corrected chi connectivity index (χ2v) is 5.08. The monoisotopic (exact) mass is 255 g/mol. The lowest BCUT2D eigenvalue weighted by Gasteiger charge is -2.22. The molecule has 17 heavy (non-hydrogen) atoms. The molecule has 0 aliphatic heterocycles. The topological polar surface area (TPSA) is 35.2 Å². The third-order valence-corrected chi connectivity index (χ3v) is 3.46. The Labute approximate surface area is 109 Å². The molecule has 1 rings (SSSR count). The van der Waals surface area contributed by atoms with Crippen LogP contribution in [0.1, 0.15) is 38.2 Å². The van der Waals surface area contributed by atoms with Gasteiger partial charge in [0.05, 0.1) is 7.11 Å². The highest BCUT2D eigenvalue weighted by molar-refractivity contribution is 6.31. The number of hydrogen-bond acceptors (Lipinski definition) is 2. The molecule has 0 aromatic heterocycles. The lowest BCUT2D eigenvalue weighted by molar-refractivity contribution is 0.413. The van der Waals surface area contributed by atoms with Gasteiger partial charge >= 0.3 is 0 Å². The molecule has 0 heterocycles. The summed E-state index contributed by atoms with van der Waals surface area (Å²) in [7, 11) is 1.65. The number of nitrogens with two attached hydrogens (primary N) is 1. The van der Waals surface area contributed by atoms with E-state index < -0.39 is 0 Å². The molecule has 1 atom stereocenters. The first kappa shape index (κ1) is 14.3. The summed E-state index contributed by atoms with van der Waals surface area (Å²) in [5.41, 5.74) is 6.79. The molecule has 0 aliphatic carbocycles. The van der Waals surface area contributed by atoms with Crippen LogP contribution in [0, 0.1) is 5.92 Å². The molecule has 0 radical (unpaired) electrons. The SMILES string of the molecule is COc1ccc(C(CCCN)C(C)C)c(Cl)c1. The average Bonchev–Trinajstić information content (AvgIpc) is 2.30. The number of hydrogen-bond donors (Lipinski definition) is 1. The minimum atomic E-state index is 0.469. The fourth-order valence-corrected chi connectivity index (χ4v) is 2.43. The second kappa shape index (κ2) is 6.87. The summed E-state index contributed by atoms with van der Waals surface area (Å²) in [4.78, 5) is 0. The fraction of sp³-hybridized carbons (Fsp3) is 0.571. The van der Waals surface area contributed by atoms with Crippen molar-refractivity contribution in [3.05, 3.63) is 28.8 Å². The number of rotatable bonds is 6. The highest BCUT2D eigenvalue weighted by atomic mass is 35.5. The van der Waals surface area contributed by atoms with Crippen molar-refractivity contribution in [2.24, 2.45) is 11.7 Å². The Bertz CT molecular complexity index is 352. The predicted octanol–water partition coefficient (Wildman–Crippen LogP) is 3.83. The van der Waals surface area contributed by atoms with E-state index in [1.165, 1.54) is 5.56 Å². The molecule has 3 heteroatoms. The van der Waals surface area contributed by atoms with E-state index in [2.05, 4.69) is 19.9 Å². The van der Waals surface area contributed by atoms with Crippen LogP contribution < -0.4 is 10.5 Å². The Kier molecular flexibility index (Phi) is 5.79. The van der Waals surface area contributed by atoms with Gasteiger partial charge in [0.2, 0.25) is 0 Å². The van der Waals surface area contributed by atoms with Gasteiger partial charge in [-0.05, 0) is 48.9 Å². The first-order valence-electron chi connectivity index (χ1n) is 6.13. The summed E-state index contributed by atoms with van der Waals surface area (Å²) in [6.07, 6.45) is 2.12. The van der Waals surface area contributed by atoms with Crippen molar-refractivity contribution in [1.29, 1.82) is 0 Å². The summed E-state index contributed by atoms with van der Waals surface area (Å²) in [5.74, 6) is 1.84. The molecule has 0 saturated carbocycles. The normalized spacial score (nSPS) is 12.8. The van der Waals surface area contributed by atoms with Crippen LogP contribution in [-0.4, -0.2) is 13.7 Å². The predicted molar refractivity (Wildman–Crippen MR) is 73.9 cm³/mol. The Morgan fingerprint density at radius 3 is 2.53 bits per heavy atom. The highest BCUT2D eigenvalue weighted by Crippen LogP contribution is 2.35. The summed E-state index contributed by atoms with van der Waals surface area (Å²) in [6, 6.07) is 5.93. The zero-order valence-electron chi connectivity index (χ0n) is 10.9. The first-order valence-corrected chi connectivity index (χ1v) is 6.51. The van der Waals surface area contributed by atoms with Crippen molar-refractivity contribution in [2.45, 2.75) is 32.6 Å². The van der Waals surface area contributed by atoms with Crippen LogP contribution in [0.3, 0.4) is 0 Å². The molecule has 1 aromatic carbocycles. The van der Waals surface area contributed by atoms with Gasteiger partial charge in [0.1, 0.15) is 5.75 Å². The summed E-state index contributed by atoms with van der Waals surface area (Å²) >= 11 is 6.31. The zero-order chi connectivity index (χ0) is 12.8. The van der Waals surface area contributed by atoms with Gasteiger partial charge in [-0.3, -0.25) is 0 Å². The largest absolute Gasteiger partial charge is 0.497 e. The van der Waals surface area contributed by atoms with Gasteiger partial charge in [0.25, 0.3) is 0 Å². The van der Waals surface area contributed by atoms with E-state index in [0.717, 1.165) is 30.2 Å². The number of ether oxygens (including phenoxy) is 1. The summed E-state index contributed by atoms with van der Waals surface area (Å²) < 4.78 is 5.17. The molecule has 2 N–H and O–H groups in total. The van der Waals surface area contributed by atoms with Gasteiger partial charge in [-0.25, -0.2) is 0 Å². The Morgan fingerprint density at radius 2 is 2.06 bits per heavy atom. The van der Waals surface area contributed by atoms with Crippen molar-refractivity contribution in [3.8, 4) is 5.75 Å². The molecule has 0 fully saturated rings. The van der Waals surface area contributed by atoms with Gasteiger partial charge in [0.15, 0.2) is 0 Å². The number of halogens is 1. The quantitative estimate of drug-likeness (QED) is 0.839. The van der Waals surface area contributed by atoms with E-state index >= 15 is 0 Å². The van der Waals surface area contributed by atoms with Crippen molar-refractivity contribution in [1.82, 2.24) is 0 Å². The molecule has 1 unspecified atom stereocenters. The van der Waals surface area contributed by atoms with E-state index in [0.29, 0.717) is 11.8 Å². The number of methoxy groups -OCH3 is 1. The minimum Gasteiger partial charge on any atom is -0.497 e. The molecule has 1 aromatic rings. The molecule has 0 spiro atoms. The maximum Gasteiger partial charge on any atom is 0.120 e. The highest BCUT2D eigenvalue weighted by Gasteiger charge is 2.18. The van der Waals surface area contributed by atoms with E-state index in [-0.39, 0.29) is 0 Å². The third-order valence-electron chi connectivity index (χ3n) is 3.13. The zero-order valence-corrected chi connectivity index (χ0v) is 11.6.